The number of rotatable bonds is 5. The van der Waals surface area contributed by atoms with Gasteiger partial charge >= 0.3 is 6.03 Å². The second kappa shape index (κ2) is 9.30. The van der Waals surface area contributed by atoms with Gasteiger partial charge in [-0.25, -0.2) is 4.79 Å². The molecule has 1 saturated heterocycles. The highest BCUT2D eigenvalue weighted by Gasteiger charge is 2.30. The summed E-state index contributed by atoms with van der Waals surface area (Å²) in [5, 5.41) is 2.20. The van der Waals surface area contributed by atoms with Crippen molar-refractivity contribution in [2.45, 2.75) is 12.5 Å². The van der Waals surface area contributed by atoms with Gasteiger partial charge in [0.15, 0.2) is 0 Å². The molecule has 8 heteroatoms. The van der Waals surface area contributed by atoms with E-state index >= 15 is 0 Å². The van der Waals surface area contributed by atoms with Gasteiger partial charge in [0.25, 0.3) is 0 Å². The zero-order valence-corrected chi connectivity index (χ0v) is 15.4. The largest absolute Gasteiger partial charge is 0.351 e. The van der Waals surface area contributed by atoms with E-state index in [4.69, 9.17) is 5.73 Å². The number of carbonyl (C=O) groups is 3. The maximum absolute atomic E-state index is 12.6. The third-order valence-corrected chi connectivity index (χ3v) is 4.46. The van der Waals surface area contributed by atoms with Crippen molar-refractivity contribution >= 4 is 17.8 Å². The van der Waals surface area contributed by atoms with Crippen molar-refractivity contribution in [1.82, 2.24) is 20.0 Å². The van der Waals surface area contributed by atoms with Crippen LogP contribution in [0, 0.1) is 0 Å². The van der Waals surface area contributed by atoms with Gasteiger partial charge < -0.3 is 10.6 Å². The lowest BCUT2D eigenvalue weighted by atomic mass is 10.0. The van der Waals surface area contributed by atoms with Gasteiger partial charge in [0, 0.05) is 33.7 Å². The van der Waals surface area contributed by atoms with E-state index in [1.165, 1.54) is 0 Å². The number of nitrogens with two attached hydrogens (primary N) is 1. The van der Waals surface area contributed by atoms with Crippen molar-refractivity contribution in [2.75, 3.05) is 46.8 Å². The Balaban J connectivity index is 2.12. The SMILES string of the molecule is CN(C)C(=O)CN1CCCN(C(C(=O)NC(N)=O)c2ccccc2)CC1. The fourth-order valence-corrected chi connectivity index (χ4v) is 3.09. The van der Waals surface area contributed by atoms with Gasteiger partial charge in [-0.2, -0.15) is 0 Å². The molecule has 26 heavy (non-hydrogen) atoms. The summed E-state index contributed by atoms with van der Waals surface area (Å²) >= 11 is 0. The molecule has 1 aliphatic rings. The fraction of sp³-hybridized carbons (Fsp3) is 0.500. The van der Waals surface area contributed by atoms with E-state index < -0.39 is 18.0 Å². The molecular formula is C18H27N5O3. The van der Waals surface area contributed by atoms with Crippen molar-refractivity contribution in [3.05, 3.63) is 35.9 Å². The third kappa shape index (κ3) is 5.53. The van der Waals surface area contributed by atoms with Gasteiger partial charge in [0.05, 0.1) is 6.54 Å². The highest BCUT2D eigenvalue weighted by atomic mass is 16.2. The van der Waals surface area contributed by atoms with E-state index in [1.807, 2.05) is 35.2 Å². The topological polar surface area (TPSA) is 99.0 Å². The van der Waals surface area contributed by atoms with Crippen LogP contribution in [0.25, 0.3) is 0 Å². The predicted molar refractivity (Wildman–Crippen MR) is 98.2 cm³/mol. The molecule has 1 unspecified atom stereocenters. The Morgan fingerprint density at radius 3 is 2.42 bits per heavy atom. The molecule has 1 atom stereocenters. The summed E-state index contributed by atoms with van der Waals surface area (Å²) in [4.78, 5) is 41.4. The summed E-state index contributed by atoms with van der Waals surface area (Å²) in [5.74, 6) is -0.369. The number of benzene rings is 1. The Labute approximate surface area is 153 Å². The van der Waals surface area contributed by atoms with Gasteiger partial charge in [0.2, 0.25) is 11.8 Å². The maximum Gasteiger partial charge on any atom is 0.318 e. The lowest BCUT2D eigenvalue weighted by Gasteiger charge is -2.29. The minimum Gasteiger partial charge on any atom is -0.351 e. The van der Waals surface area contributed by atoms with Crippen LogP contribution >= 0.6 is 0 Å². The third-order valence-electron chi connectivity index (χ3n) is 4.46. The van der Waals surface area contributed by atoms with Gasteiger partial charge in [-0.15, -0.1) is 0 Å². The molecule has 3 N–H and O–H groups in total. The molecule has 8 nitrogen and oxygen atoms in total. The quantitative estimate of drug-likeness (QED) is 0.770. The first-order chi connectivity index (χ1) is 12.4. The summed E-state index contributed by atoms with van der Waals surface area (Å²) in [7, 11) is 3.48. The summed E-state index contributed by atoms with van der Waals surface area (Å²) in [6.45, 7) is 3.14. The Kier molecular flexibility index (Phi) is 7.11. The van der Waals surface area contributed by atoms with E-state index in [0.717, 1.165) is 18.5 Å². The van der Waals surface area contributed by atoms with Crippen molar-refractivity contribution in [1.29, 1.82) is 0 Å². The molecule has 1 aromatic carbocycles. The second-order valence-corrected chi connectivity index (χ2v) is 6.62. The molecule has 142 valence electrons. The highest BCUT2D eigenvalue weighted by Crippen LogP contribution is 2.22. The standard InChI is InChI=1S/C18H27N5O3/c1-21(2)15(24)13-22-9-6-10-23(12-11-22)16(17(25)20-18(19)26)14-7-4-3-5-8-14/h3-5,7-8,16H,6,9-13H2,1-2H3,(H3,19,20,25,26). The van der Waals surface area contributed by atoms with Gasteiger partial charge in [-0.3, -0.25) is 24.7 Å². The van der Waals surface area contributed by atoms with Gasteiger partial charge in [0.1, 0.15) is 6.04 Å². The average Bonchev–Trinajstić information content (AvgIpc) is 2.81. The first-order valence-corrected chi connectivity index (χ1v) is 8.70. The molecule has 0 radical (unpaired) electrons. The second-order valence-electron chi connectivity index (χ2n) is 6.62. The maximum atomic E-state index is 12.6. The van der Waals surface area contributed by atoms with E-state index in [-0.39, 0.29) is 5.91 Å². The molecular weight excluding hydrogens is 334 g/mol. The number of imide groups is 1. The van der Waals surface area contributed by atoms with E-state index in [9.17, 15) is 14.4 Å². The first-order valence-electron chi connectivity index (χ1n) is 8.70. The highest BCUT2D eigenvalue weighted by molar-refractivity contribution is 5.96. The number of likely N-dealkylation sites (N-methyl/N-ethyl adjacent to an activating group) is 1. The minimum absolute atomic E-state index is 0.0598. The summed E-state index contributed by atoms with van der Waals surface area (Å²) in [6, 6.07) is 7.88. The molecule has 0 aliphatic carbocycles. The zero-order chi connectivity index (χ0) is 19.1. The van der Waals surface area contributed by atoms with Crippen molar-refractivity contribution in [3.8, 4) is 0 Å². The fourth-order valence-electron chi connectivity index (χ4n) is 3.09. The predicted octanol–water partition coefficient (Wildman–Crippen LogP) is 0.0185. The van der Waals surface area contributed by atoms with Crippen molar-refractivity contribution < 1.29 is 14.4 Å². The molecule has 1 heterocycles. The molecule has 0 aromatic heterocycles. The molecule has 4 amide bonds. The average molecular weight is 361 g/mol. The van der Waals surface area contributed by atoms with Crippen LogP contribution in [0.1, 0.15) is 18.0 Å². The lowest BCUT2D eigenvalue weighted by molar-refractivity contribution is -0.130. The van der Waals surface area contributed by atoms with Crippen LogP contribution in [0.3, 0.4) is 0 Å². The molecule has 0 bridgehead atoms. The number of primary amides is 1. The summed E-state index contributed by atoms with van der Waals surface area (Å²) < 4.78 is 0. The number of urea groups is 1. The van der Waals surface area contributed by atoms with Crippen molar-refractivity contribution in [3.63, 3.8) is 0 Å². The number of hydrogen-bond acceptors (Lipinski definition) is 5. The number of hydrogen-bond donors (Lipinski definition) is 2. The summed E-state index contributed by atoms with van der Waals surface area (Å²) in [6.07, 6.45) is 0.827. The van der Waals surface area contributed by atoms with E-state index in [0.29, 0.717) is 26.2 Å². The van der Waals surface area contributed by atoms with Crippen LogP contribution in [-0.4, -0.2) is 79.4 Å². The Morgan fingerprint density at radius 1 is 1.12 bits per heavy atom. The number of carbonyl (C=O) groups excluding carboxylic acids is 3. The first kappa shape index (κ1) is 19.9. The molecule has 2 rings (SSSR count). The van der Waals surface area contributed by atoms with Crippen LogP contribution in [-0.2, 0) is 9.59 Å². The van der Waals surface area contributed by atoms with Crippen LogP contribution < -0.4 is 11.1 Å². The molecule has 0 saturated carbocycles. The minimum atomic E-state index is -0.857. The van der Waals surface area contributed by atoms with Gasteiger partial charge in [-0.05, 0) is 18.5 Å². The van der Waals surface area contributed by atoms with Crippen LogP contribution in [0.15, 0.2) is 30.3 Å². The lowest BCUT2D eigenvalue weighted by Crippen LogP contribution is -2.46. The Hall–Kier alpha value is -2.45. The normalized spacial score (nSPS) is 17.2. The molecule has 1 aromatic rings. The van der Waals surface area contributed by atoms with E-state index in [1.54, 1.807) is 19.0 Å². The Morgan fingerprint density at radius 2 is 1.81 bits per heavy atom. The zero-order valence-electron chi connectivity index (χ0n) is 15.4. The monoisotopic (exact) mass is 361 g/mol. The van der Waals surface area contributed by atoms with Gasteiger partial charge in [-0.1, -0.05) is 30.3 Å². The van der Waals surface area contributed by atoms with Crippen molar-refractivity contribution in [2.24, 2.45) is 5.73 Å². The number of amides is 4. The molecule has 1 aliphatic heterocycles. The van der Waals surface area contributed by atoms with Crippen LogP contribution in [0.4, 0.5) is 4.79 Å². The molecule has 0 spiro atoms. The number of nitrogens with one attached hydrogen (secondary N) is 1. The van der Waals surface area contributed by atoms with E-state index in [2.05, 4.69) is 10.2 Å². The Bertz CT molecular complexity index is 635. The smallest absolute Gasteiger partial charge is 0.318 e. The number of nitrogens with zero attached hydrogens (tertiary/aromatic N) is 3. The molecule has 1 fully saturated rings. The van der Waals surface area contributed by atoms with Crippen LogP contribution in [0.2, 0.25) is 0 Å². The van der Waals surface area contributed by atoms with Crippen LogP contribution in [0.5, 0.6) is 0 Å². The summed E-state index contributed by atoms with van der Waals surface area (Å²) in [5.41, 5.74) is 5.94.